The van der Waals surface area contributed by atoms with Gasteiger partial charge in [0, 0.05) is 38.5 Å². The molecule has 1 aliphatic heterocycles. The maximum atomic E-state index is 5.50. The first-order valence-electron chi connectivity index (χ1n) is 7.76. The molecule has 0 amide bonds. The lowest BCUT2D eigenvalue weighted by Gasteiger charge is -2.43. The van der Waals surface area contributed by atoms with Crippen molar-refractivity contribution >= 4 is 29.9 Å². The van der Waals surface area contributed by atoms with Crippen LogP contribution in [0.15, 0.2) is 29.4 Å². The van der Waals surface area contributed by atoms with Crippen LogP contribution in [-0.2, 0) is 11.3 Å². The van der Waals surface area contributed by atoms with Crippen LogP contribution in [0.25, 0.3) is 0 Å². The average molecular weight is 433 g/mol. The molecule has 2 N–H and O–H groups in total. The number of halogens is 1. The van der Waals surface area contributed by atoms with Gasteiger partial charge in [0.05, 0.1) is 12.2 Å². The minimum Gasteiger partial charge on any atom is -0.381 e. The lowest BCUT2D eigenvalue weighted by molar-refractivity contribution is -0.00501. The van der Waals surface area contributed by atoms with Crippen molar-refractivity contribution in [3.8, 4) is 0 Å². The van der Waals surface area contributed by atoms with E-state index in [1.165, 1.54) is 0 Å². The second-order valence-electron chi connectivity index (χ2n) is 5.83. The van der Waals surface area contributed by atoms with Gasteiger partial charge in [0.15, 0.2) is 5.96 Å². The third-order valence-corrected chi connectivity index (χ3v) is 4.34. The average Bonchev–Trinajstić information content (AvgIpc) is 2.56. The number of pyridine rings is 1. The summed E-state index contributed by atoms with van der Waals surface area (Å²) in [5.74, 6) is 0.804. The van der Waals surface area contributed by atoms with Crippen LogP contribution >= 0.6 is 24.0 Å². The highest BCUT2D eigenvalue weighted by atomic mass is 127. The summed E-state index contributed by atoms with van der Waals surface area (Å²) < 4.78 is 5.50. The third kappa shape index (κ3) is 5.89. The van der Waals surface area contributed by atoms with E-state index in [0.29, 0.717) is 6.54 Å². The van der Waals surface area contributed by atoms with Crippen molar-refractivity contribution in [3.63, 3.8) is 0 Å². The fourth-order valence-electron chi connectivity index (χ4n) is 2.68. The van der Waals surface area contributed by atoms with Crippen LogP contribution in [0.4, 0.5) is 0 Å². The Morgan fingerprint density at radius 2 is 2.04 bits per heavy atom. The van der Waals surface area contributed by atoms with Gasteiger partial charge in [-0.25, -0.2) is 0 Å². The van der Waals surface area contributed by atoms with Crippen LogP contribution < -0.4 is 10.6 Å². The number of aliphatic imine (C=N–C) groups is 1. The van der Waals surface area contributed by atoms with E-state index >= 15 is 0 Å². The topological polar surface area (TPSA) is 61.8 Å². The normalized spacial score (nSPS) is 17.5. The SMILES string of the molecule is CN=C(NCc1ccccn1)NCC1(N(C)C)CCOCC1.I. The molecule has 6 nitrogen and oxygen atoms in total. The predicted octanol–water partition coefficient (Wildman–Crippen LogP) is 1.48. The summed E-state index contributed by atoms with van der Waals surface area (Å²) in [6.45, 7) is 3.16. The molecule has 0 aliphatic carbocycles. The molecule has 23 heavy (non-hydrogen) atoms. The summed E-state index contributed by atoms with van der Waals surface area (Å²) in [7, 11) is 6.06. The molecule has 1 aromatic rings. The molecule has 1 saturated heterocycles. The monoisotopic (exact) mass is 433 g/mol. The Hall–Kier alpha value is -0.930. The molecule has 0 spiro atoms. The molecule has 2 heterocycles. The number of nitrogens with one attached hydrogen (secondary N) is 2. The van der Waals surface area contributed by atoms with Gasteiger partial charge in [0.1, 0.15) is 0 Å². The number of aromatic nitrogens is 1. The fourth-order valence-corrected chi connectivity index (χ4v) is 2.68. The van der Waals surface area contributed by atoms with Crippen molar-refractivity contribution < 1.29 is 4.74 Å². The molecule has 0 bridgehead atoms. The Morgan fingerprint density at radius 3 is 2.61 bits per heavy atom. The molecule has 130 valence electrons. The molecule has 0 atom stereocenters. The van der Waals surface area contributed by atoms with Gasteiger partial charge < -0.3 is 20.3 Å². The van der Waals surface area contributed by atoms with Crippen LogP contribution in [0.5, 0.6) is 0 Å². The zero-order valence-electron chi connectivity index (χ0n) is 14.2. The van der Waals surface area contributed by atoms with Crippen molar-refractivity contribution in [1.29, 1.82) is 0 Å². The molecule has 0 unspecified atom stereocenters. The van der Waals surface area contributed by atoms with Crippen molar-refractivity contribution in [2.45, 2.75) is 24.9 Å². The first kappa shape index (κ1) is 20.1. The number of guanidine groups is 1. The lowest BCUT2D eigenvalue weighted by atomic mass is 9.88. The molecule has 1 fully saturated rings. The van der Waals surface area contributed by atoms with Crippen LogP contribution in [0, 0.1) is 0 Å². The summed E-state index contributed by atoms with van der Waals surface area (Å²) in [4.78, 5) is 10.9. The molecule has 1 aliphatic rings. The van der Waals surface area contributed by atoms with Gasteiger partial charge in [-0.1, -0.05) is 6.07 Å². The standard InChI is InChI=1S/C16H27N5O.HI/c1-17-15(19-12-14-6-4-5-9-18-14)20-13-16(21(2)3)7-10-22-11-8-16;/h4-6,9H,7-8,10-13H2,1-3H3,(H2,17,19,20);1H. The Balaban J connectivity index is 0.00000264. The number of hydrogen-bond donors (Lipinski definition) is 2. The van der Waals surface area contributed by atoms with E-state index in [4.69, 9.17) is 4.74 Å². The summed E-state index contributed by atoms with van der Waals surface area (Å²) in [6.07, 6.45) is 3.87. The van der Waals surface area contributed by atoms with Gasteiger partial charge in [-0.2, -0.15) is 0 Å². The van der Waals surface area contributed by atoms with E-state index in [1.807, 2.05) is 18.2 Å². The summed E-state index contributed by atoms with van der Waals surface area (Å²) in [5.41, 5.74) is 1.12. The molecule has 2 rings (SSSR count). The lowest BCUT2D eigenvalue weighted by Crippen LogP contribution is -2.57. The molecular formula is C16H28IN5O. The third-order valence-electron chi connectivity index (χ3n) is 4.34. The van der Waals surface area contributed by atoms with Crippen molar-refractivity contribution in [2.24, 2.45) is 4.99 Å². The zero-order chi connectivity index (χ0) is 15.8. The molecule has 7 heteroatoms. The summed E-state index contributed by atoms with van der Waals surface area (Å²) >= 11 is 0. The van der Waals surface area contributed by atoms with Gasteiger partial charge in [-0.15, -0.1) is 24.0 Å². The summed E-state index contributed by atoms with van der Waals surface area (Å²) in [5, 5.41) is 6.75. The van der Waals surface area contributed by atoms with Crippen LogP contribution in [0.2, 0.25) is 0 Å². The molecule has 1 aromatic heterocycles. The van der Waals surface area contributed by atoms with E-state index in [0.717, 1.165) is 44.3 Å². The van der Waals surface area contributed by atoms with E-state index < -0.39 is 0 Å². The minimum atomic E-state index is 0. The highest BCUT2D eigenvalue weighted by molar-refractivity contribution is 14.0. The van der Waals surface area contributed by atoms with E-state index in [-0.39, 0.29) is 29.5 Å². The van der Waals surface area contributed by atoms with Crippen LogP contribution in [-0.4, -0.2) is 62.3 Å². The van der Waals surface area contributed by atoms with Crippen molar-refractivity contribution in [3.05, 3.63) is 30.1 Å². The van der Waals surface area contributed by atoms with Gasteiger partial charge in [0.2, 0.25) is 0 Å². The van der Waals surface area contributed by atoms with Crippen molar-refractivity contribution in [2.75, 3.05) is 40.9 Å². The fraction of sp³-hybridized carbons (Fsp3) is 0.625. The van der Waals surface area contributed by atoms with Gasteiger partial charge in [-0.3, -0.25) is 9.98 Å². The smallest absolute Gasteiger partial charge is 0.191 e. The Bertz CT molecular complexity index is 475. The van der Waals surface area contributed by atoms with Crippen LogP contribution in [0.1, 0.15) is 18.5 Å². The number of ether oxygens (including phenoxy) is 1. The first-order valence-corrected chi connectivity index (χ1v) is 7.76. The number of nitrogens with zero attached hydrogens (tertiary/aromatic N) is 3. The van der Waals surface area contributed by atoms with E-state index in [1.54, 1.807) is 13.2 Å². The Morgan fingerprint density at radius 1 is 1.30 bits per heavy atom. The number of hydrogen-bond acceptors (Lipinski definition) is 4. The van der Waals surface area contributed by atoms with Crippen LogP contribution in [0.3, 0.4) is 0 Å². The largest absolute Gasteiger partial charge is 0.381 e. The number of rotatable bonds is 5. The first-order chi connectivity index (χ1) is 10.7. The molecule has 0 saturated carbocycles. The minimum absolute atomic E-state index is 0. The quantitative estimate of drug-likeness (QED) is 0.419. The molecular weight excluding hydrogens is 405 g/mol. The highest BCUT2D eigenvalue weighted by Crippen LogP contribution is 2.24. The van der Waals surface area contributed by atoms with Gasteiger partial charge >= 0.3 is 0 Å². The highest BCUT2D eigenvalue weighted by Gasteiger charge is 2.34. The van der Waals surface area contributed by atoms with Gasteiger partial charge in [0.25, 0.3) is 0 Å². The maximum absolute atomic E-state index is 5.50. The van der Waals surface area contributed by atoms with Crippen molar-refractivity contribution in [1.82, 2.24) is 20.5 Å². The molecule has 0 aromatic carbocycles. The Labute approximate surface area is 156 Å². The second kappa shape index (κ2) is 10.0. The predicted molar refractivity (Wildman–Crippen MR) is 104 cm³/mol. The van der Waals surface area contributed by atoms with Gasteiger partial charge in [-0.05, 0) is 39.1 Å². The van der Waals surface area contributed by atoms with E-state index in [2.05, 4.69) is 39.6 Å². The number of likely N-dealkylation sites (N-methyl/N-ethyl adjacent to an activating group) is 1. The summed E-state index contributed by atoms with van der Waals surface area (Å²) in [6, 6.07) is 5.91. The Kier molecular flexibility index (Phi) is 8.78. The molecule has 0 radical (unpaired) electrons. The zero-order valence-corrected chi connectivity index (χ0v) is 16.5. The second-order valence-corrected chi connectivity index (χ2v) is 5.83. The van der Waals surface area contributed by atoms with E-state index in [9.17, 15) is 0 Å². The maximum Gasteiger partial charge on any atom is 0.191 e.